The fourth-order valence-electron chi connectivity index (χ4n) is 2.72. The molecule has 0 radical (unpaired) electrons. The second kappa shape index (κ2) is 7.21. The van der Waals surface area contributed by atoms with E-state index >= 15 is 0 Å². The van der Waals surface area contributed by atoms with Crippen molar-refractivity contribution in [3.05, 3.63) is 71.9 Å². The third-order valence-corrected chi connectivity index (χ3v) is 3.95. The molecule has 0 saturated carbocycles. The summed E-state index contributed by atoms with van der Waals surface area (Å²) in [5, 5.41) is 7.97. The molecule has 25 heavy (non-hydrogen) atoms. The minimum absolute atomic E-state index is 0.00463. The van der Waals surface area contributed by atoms with Crippen LogP contribution in [0.4, 0.5) is 5.69 Å². The molecular formula is C20H22N4O. The standard InChI is InChI=1S/C20H22N4O/c1-23(2)20(25)16-10-7-11-18(12-16)21-13-17-14-24(3)22-19(17)15-8-5-4-6-9-15/h4-12,14,21H,13H2,1-3H3. The molecule has 0 aliphatic rings. The first-order valence-corrected chi connectivity index (χ1v) is 8.18. The third-order valence-electron chi connectivity index (χ3n) is 3.95. The Morgan fingerprint density at radius 3 is 2.60 bits per heavy atom. The van der Waals surface area contributed by atoms with Crippen molar-refractivity contribution in [2.45, 2.75) is 6.54 Å². The predicted octanol–water partition coefficient (Wildman–Crippen LogP) is 3.40. The molecule has 2 aromatic carbocycles. The van der Waals surface area contributed by atoms with Crippen LogP contribution < -0.4 is 5.32 Å². The average Bonchev–Trinajstić information content (AvgIpc) is 3.01. The van der Waals surface area contributed by atoms with Crippen molar-refractivity contribution in [2.24, 2.45) is 7.05 Å². The molecule has 0 fully saturated rings. The Morgan fingerprint density at radius 2 is 1.88 bits per heavy atom. The van der Waals surface area contributed by atoms with Crippen LogP contribution in [0.1, 0.15) is 15.9 Å². The van der Waals surface area contributed by atoms with Crippen molar-refractivity contribution in [1.82, 2.24) is 14.7 Å². The van der Waals surface area contributed by atoms with E-state index in [0.717, 1.165) is 22.5 Å². The van der Waals surface area contributed by atoms with Crippen LogP contribution in [0.3, 0.4) is 0 Å². The first kappa shape index (κ1) is 16.8. The number of rotatable bonds is 5. The predicted molar refractivity (Wildman–Crippen MR) is 100 cm³/mol. The van der Waals surface area contributed by atoms with Crippen molar-refractivity contribution < 1.29 is 4.79 Å². The number of hydrogen-bond acceptors (Lipinski definition) is 3. The van der Waals surface area contributed by atoms with Crippen LogP contribution in [0.15, 0.2) is 60.8 Å². The highest BCUT2D eigenvalue weighted by molar-refractivity contribution is 5.94. The van der Waals surface area contributed by atoms with Gasteiger partial charge in [-0.2, -0.15) is 5.10 Å². The Labute approximate surface area is 147 Å². The van der Waals surface area contributed by atoms with E-state index < -0.39 is 0 Å². The molecule has 5 nitrogen and oxygen atoms in total. The van der Waals surface area contributed by atoms with Crippen LogP contribution in [-0.2, 0) is 13.6 Å². The Bertz CT molecular complexity index is 868. The number of nitrogens with zero attached hydrogens (tertiary/aromatic N) is 3. The summed E-state index contributed by atoms with van der Waals surface area (Å²) in [5.74, 6) is -0.00463. The monoisotopic (exact) mass is 334 g/mol. The minimum atomic E-state index is -0.00463. The van der Waals surface area contributed by atoms with Gasteiger partial charge in [0.15, 0.2) is 0 Å². The van der Waals surface area contributed by atoms with Gasteiger partial charge in [0, 0.05) is 56.3 Å². The zero-order valence-corrected chi connectivity index (χ0v) is 14.7. The summed E-state index contributed by atoms with van der Waals surface area (Å²) in [6, 6.07) is 17.7. The lowest BCUT2D eigenvalue weighted by Crippen LogP contribution is -2.21. The van der Waals surface area contributed by atoms with Crippen LogP contribution in [0, 0.1) is 0 Å². The SMILES string of the molecule is CN(C)C(=O)c1cccc(NCc2cn(C)nc2-c2ccccc2)c1. The number of benzene rings is 2. The molecule has 1 amide bonds. The maximum atomic E-state index is 12.1. The van der Waals surface area contributed by atoms with Crippen molar-refractivity contribution in [3.8, 4) is 11.3 Å². The van der Waals surface area contributed by atoms with Crippen LogP contribution in [0.5, 0.6) is 0 Å². The number of nitrogens with one attached hydrogen (secondary N) is 1. The van der Waals surface area contributed by atoms with Gasteiger partial charge in [-0.15, -0.1) is 0 Å². The highest BCUT2D eigenvalue weighted by Gasteiger charge is 2.11. The molecule has 0 unspecified atom stereocenters. The fourth-order valence-corrected chi connectivity index (χ4v) is 2.72. The molecule has 0 aliphatic heterocycles. The van der Waals surface area contributed by atoms with Gasteiger partial charge in [-0.3, -0.25) is 9.48 Å². The Kier molecular flexibility index (Phi) is 4.84. The van der Waals surface area contributed by atoms with Gasteiger partial charge in [-0.25, -0.2) is 0 Å². The number of aryl methyl sites for hydroxylation is 1. The van der Waals surface area contributed by atoms with E-state index in [-0.39, 0.29) is 5.91 Å². The quantitative estimate of drug-likeness (QED) is 0.778. The summed E-state index contributed by atoms with van der Waals surface area (Å²) in [6.07, 6.45) is 2.02. The number of anilines is 1. The van der Waals surface area contributed by atoms with Gasteiger partial charge in [0.1, 0.15) is 0 Å². The van der Waals surface area contributed by atoms with E-state index in [1.165, 1.54) is 0 Å². The number of hydrogen-bond donors (Lipinski definition) is 1. The molecule has 1 aromatic heterocycles. The van der Waals surface area contributed by atoms with Crippen molar-refractivity contribution in [3.63, 3.8) is 0 Å². The second-order valence-corrected chi connectivity index (χ2v) is 6.18. The highest BCUT2D eigenvalue weighted by atomic mass is 16.2. The topological polar surface area (TPSA) is 50.2 Å². The third kappa shape index (κ3) is 3.88. The lowest BCUT2D eigenvalue weighted by atomic mass is 10.1. The number of aromatic nitrogens is 2. The van der Waals surface area contributed by atoms with E-state index in [0.29, 0.717) is 12.1 Å². The summed E-state index contributed by atoms with van der Waals surface area (Å²) in [5.41, 5.74) is 4.76. The first-order valence-electron chi connectivity index (χ1n) is 8.18. The molecule has 0 atom stereocenters. The van der Waals surface area contributed by atoms with Gasteiger partial charge >= 0.3 is 0 Å². The van der Waals surface area contributed by atoms with E-state index in [1.807, 2.05) is 60.4 Å². The van der Waals surface area contributed by atoms with Gasteiger partial charge in [0.25, 0.3) is 5.91 Å². The fraction of sp³-hybridized carbons (Fsp3) is 0.200. The van der Waals surface area contributed by atoms with Crippen molar-refractivity contribution in [1.29, 1.82) is 0 Å². The van der Waals surface area contributed by atoms with E-state index in [9.17, 15) is 4.79 Å². The molecule has 1 N–H and O–H groups in total. The Balaban J connectivity index is 1.79. The lowest BCUT2D eigenvalue weighted by Gasteiger charge is -2.12. The largest absolute Gasteiger partial charge is 0.381 e. The molecule has 3 aromatic rings. The van der Waals surface area contributed by atoms with Gasteiger partial charge in [-0.1, -0.05) is 36.4 Å². The van der Waals surface area contributed by atoms with Gasteiger partial charge < -0.3 is 10.2 Å². The molecule has 128 valence electrons. The lowest BCUT2D eigenvalue weighted by molar-refractivity contribution is 0.0827. The van der Waals surface area contributed by atoms with Gasteiger partial charge in [-0.05, 0) is 18.2 Å². The normalized spacial score (nSPS) is 10.5. The van der Waals surface area contributed by atoms with Gasteiger partial charge in [0.2, 0.25) is 0 Å². The van der Waals surface area contributed by atoms with Crippen molar-refractivity contribution >= 4 is 11.6 Å². The molecular weight excluding hydrogens is 312 g/mol. The summed E-state index contributed by atoms with van der Waals surface area (Å²) < 4.78 is 1.82. The summed E-state index contributed by atoms with van der Waals surface area (Å²) in [4.78, 5) is 13.7. The molecule has 3 rings (SSSR count). The molecule has 0 saturated heterocycles. The number of carbonyl (C=O) groups excluding carboxylic acids is 1. The maximum Gasteiger partial charge on any atom is 0.253 e. The highest BCUT2D eigenvalue weighted by Crippen LogP contribution is 2.23. The van der Waals surface area contributed by atoms with Crippen LogP contribution in [-0.4, -0.2) is 34.7 Å². The number of carbonyl (C=O) groups is 1. The zero-order valence-electron chi connectivity index (χ0n) is 14.7. The van der Waals surface area contributed by atoms with E-state index in [2.05, 4.69) is 22.5 Å². The molecule has 0 spiro atoms. The summed E-state index contributed by atoms with van der Waals surface area (Å²) >= 11 is 0. The van der Waals surface area contributed by atoms with E-state index in [4.69, 9.17) is 0 Å². The Hall–Kier alpha value is -3.08. The maximum absolute atomic E-state index is 12.1. The second-order valence-electron chi connectivity index (χ2n) is 6.18. The smallest absolute Gasteiger partial charge is 0.253 e. The summed E-state index contributed by atoms with van der Waals surface area (Å²) in [7, 11) is 5.43. The summed E-state index contributed by atoms with van der Waals surface area (Å²) in [6.45, 7) is 0.637. The molecule has 0 aliphatic carbocycles. The van der Waals surface area contributed by atoms with Crippen LogP contribution in [0.25, 0.3) is 11.3 Å². The van der Waals surface area contributed by atoms with Crippen LogP contribution >= 0.6 is 0 Å². The van der Waals surface area contributed by atoms with E-state index in [1.54, 1.807) is 19.0 Å². The first-order chi connectivity index (χ1) is 12.0. The minimum Gasteiger partial charge on any atom is -0.381 e. The molecule has 5 heteroatoms. The molecule has 1 heterocycles. The van der Waals surface area contributed by atoms with Crippen LogP contribution in [0.2, 0.25) is 0 Å². The van der Waals surface area contributed by atoms with Crippen molar-refractivity contribution in [2.75, 3.05) is 19.4 Å². The zero-order chi connectivity index (χ0) is 17.8. The van der Waals surface area contributed by atoms with Gasteiger partial charge in [0.05, 0.1) is 5.69 Å². The molecule has 0 bridgehead atoms. The number of amides is 1. The Morgan fingerprint density at radius 1 is 1.12 bits per heavy atom. The average molecular weight is 334 g/mol.